The molecule has 0 aliphatic heterocycles. The monoisotopic (exact) mass is 479 g/mol. The number of hydrogen-bond acceptors (Lipinski definition) is 7. The fraction of sp³-hybridized carbons (Fsp3) is 0.400. The van der Waals surface area contributed by atoms with Gasteiger partial charge in [0, 0.05) is 24.4 Å². The van der Waals surface area contributed by atoms with Crippen molar-refractivity contribution in [3.8, 4) is 0 Å². The summed E-state index contributed by atoms with van der Waals surface area (Å²) in [4.78, 5) is 63.5. The number of aromatic nitrogens is 4. The molecule has 1 aromatic carbocycles. The average Bonchev–Trinajstić information content (AvgIpc) is 2.80. The van der Waals surface area contributed by atoms with Crippen molar-refractivity contribution in [2.45, 2.75) is 58.9 Å². The molecule has 1 atom stereocenters. The van der Waals surface area contributed by atoms with Gasteiger partial charge in [0.25, 0.3) is 5.56 Å². The molecule has 3 N–H and O–H groups in total. The number of carbonyl (C=O) groups excluding carboxylic acids is 2. The highest BCUT2D eigenvalue weighted by Gasteiger charge is 2.23. The van der Waals surface area contributed by atoms with Gasteiger partial charge < -0.3 is 15.4 Å². The van der Waals surface area contributed by atoms with Crippen LogP contribution in [0.1, 0.15) is 60.5 Å². The van der Waals surface area contributed by atoms with Crippen LogP contribution in [0.15, 0.2) is 35.3 Å². The number of hydrogen-bond donors (Lipinski definition) is 3. The van der Waals surface area contributed by atoms with Crippen LogP contribution in [0.5, 0.6) is 0 Å². The number of ketones is 1. The first-order chi connectivity index (χ1) is 16.6. The van der Waals surface area contributed by atoms with E-state index in [-0.39, 0.29) is 48.1 Å². The predicted molar refractivity (Wildman–Crippen MR) is 129 cm³/mol. The normalized spacial score (nSPS) is 12.0. The van der Waals surface area contributed by atoms with Crippen LogP contribution >= 0.6 is 0 Å². The molecular formula is C25H29N5O5. The van der Waals surface area contributed by atoms with Crippen LogP contribution in [-0.2, 0) is 22.4 Å². The number of aryl methyl sites for hydroxylation is 3. The van der Waals surface area contributed by atoms with Gasteiger partial charge in [-0.05, 0) is 45.6 Å². The zero-order valence-corrected chi connectivity index (χ0v) is 20.0. The molecule has 0 saturated carbocycles. The van der Waals surface area contributed by atoms with Gasteiger partial charge in [0.15, 0.2) is 16.9 Å². The Kier molecular flexibility index (Phi) is 8.40. The first-order valence-electron chi connectivity index (χ1n) is 11.5. The van der Waals surface area contributed by atoms with Crippen LogP contribution in [0.2, 0.25) is 0 Å². The van der Waals surface area contributed by atoms with E-state index >= 15 is 0 Å². The van der Waals surface area contributed by atoms with E-state index in [0.717, 1.165) is 5.56 Å². The van der Waals surface area contributed by atoms with Gasteiger partial charge in [0.2, 0.25) is 5.91 Å². The fourth-order valence-electron chi connectivity index (χ4n) is 3.67. The van der Waals surface area contributed by atoms with Crippen LogP contribution in [0.4, 0.5) is 0 Å². The molecule has 3 rings (SSSR count). The lowest BCUT2D eigenvalue weighted by atomic mass is 9.93. The van der Waals surface area contributed by atoms with Crippen molar-refractivity contribution in [3.63, 3.8) is 0 Å². The van der Waals surface area contributed by atoms with Gasteiger partial charge in [0.05, 0.1) is 17.8 Å². The van der Waals surface area contributed by atoms with E-state index < -0.39 is 11.9 Å². The van der Waals surface area contributed by atoms with Gasteiger partial charge >= 0.3 is 5.97 Å². The Morgan fingerprint density at radius 3 is 2.46 bits per heavy atom. The summed E-state index contributed by atoms with van der Waals surface area (Å²) in [6, 6.07) is 6.94. The molecule has 0 bridgehead atoms. The average molecular weight is 480 g/mol. The maximum atomic E-state index is 12.6. The Balaban J connectivity index is 1.58. The summed E-state index contributed by atoms with van der Waals surface area (Å²) in [6.45, 7) is 5.33. The molecule has 35 heavy (non-hydrogen) atoms. The number of fused-ring (bicyclic) bond motifs is 1. The zero-order chi connectivity index (χ0) is 25.5. The number of carboxylic acids is 1. The van der Waals surface area contributed by atoms with Crippen molar-refractivity contribution in [2.24, 2.45) is 5.92 Å². The van der Waals surface area contributed by atoms with Crippen molar-refractivity contribution in [1.82, 2.24) is 25.3 Å². The second-order valence-electron chi connectivity index (χ2n) is 8.81. The zero-order valence-electron chi connectivity index (χ0n) is 20.0. The predicted octanol–water partition coefficient (Wildman–Crippen LogP) is 2.39. The summed E-state index contributed by atoms with van der Waals surface area (Å²) < 4.78 is 0. The maximum absolute atomic E-state index is 12.6. The van der Waals surface area contributed by atoms with Crippen LogP contribution in [0.25, 0.3) is 11.2 Å². The van der Waals surface area contributed by atoms with Crippen molar-refractivity contribution in [2.75, 3.05) is 0 Å². The highest BCUT2D eigenvalue weighted by molar-refractivity contribution is 5.98. The molecule has 10 heteroatoms. The van der Waals surface area contributed by atoms with Crippen molar-refractivity contribution < 1.29 is 19.5 Å². The maximum Gasteiger partial charge on any atom is 0.306 e. The Morgan fingerprint density at radius 1 is 1.09 bits per heavy atom. The number of carboxylic acid groups (broad SMARTS) is 1. The van der Waals surface area contributed by atoms with Crippen LogP contribution in [0, 0.1) is 12.8 Å². The molecule has 184 valence electrons. The molecule has 0 radical (unpaired) electrons. The molecule has 3 aromatic rings. The number of carbonyl (C=O) groups is 3. The van der Waals surface area contributed by atoms with Gasteiger partial charge in [-0.15, -0.1) is 0 Å². The number of rotatable bonds is 11. The lowest BCUT2D eigenvalue weighted by Crippen LogP contribution is -2.31. The van der Waals surface area contributed by atoms with E-state index in [0.29, 0.717) is 35.6 Å². The first-order valence-corrected chi connectivity index (χ1v) is 11.5. The van der Waals surface area contributed by atoms with E-state index in [4.69, 9.17) is 0 Å². The van der Waals surface area contributed by atoms with Crippen LogP contribution in [0.3, 0.4) is 0 Å². The van der Waals surface area contributed by atoms with Crippen LogP contribution < -0.4 is 10.9 Å². The summed E-state index contributed by atoms with van der Waals surface area (Å²) in [5, 5.41) is 12.2. The summed E-state index contributed by atoms with van der Waals surface area (Å²) in [7, 11) is 0. The third-order valence-electron chi connectivity index (χ3n) is 5.48. The molecule has 0 fully saturated rings. The standard InChI is InChI=1S/C25H29N5O5/c1-14(2)27-21(32)11-9-18(25(34)35)12-20(31)17-7-4-16(5-8-17)6-10-19-13-26-23-22(30-19)24(33)29-15(3)28-23/h4-5,7-8,13-14,18H,6,9-12H2,1-3H3,(H,27,32)(H,34,35)(H,26,28,29,33)/t18-/m1/s1. The summed E-state index contributed by atoms with van der Waals surface area (Å²) in [5.41, 5.74) is 2.20. The van der Waals surface area contributed by atoms with Gasteiger partial charge in [-0.25, -0.2) is 15.0 Å². The molecule has 2 heterocycles. The largest absolute Gasteiger partial charge is 0.481 e. The Hall–Kier alpha value is -3.95. The van der Waals surface area contributed by atoms with E-state index in [9.17, 15) is 24.3 Å². The second kappa shape index (κ2) is 11.5. The Morgan fingerprint density at radius 2 is 1.80 bits per heavy atom. The summed E-state index contributed by atoms with van der Waals surface area (Å²) >= 11 is 0. The second-order valence-corrected chi connectivity index (χ2v) is 8.81. The van der Waals surface area contributed by atoms with Crippen molar-refractivity contribution in [3.05, 3.63) is 63.5 Å². The van der Waals surface area contributed by atoms with Gasteiger partial charge in [-0.1, -0.05) is 24.3 Å². The van der Waals surface area contributed by atoms with E-state index in [1.54, 1.807) is 25.3 Å². The lowest BCUT2D eigenvalue weighted by Gasteiger charge is -2.13. The number of H-pyrrole nitrogens is 1. The highest BCUT2D eigenvalue weighted by atomic mass is 16.4. The highest BCUT2D eigenvalue weighted by Crippen LogP contribution is 2.17. The van der Waals surface area contributed by atoms with Crippen LogP contribution in [-0.4, -0.2) is 48.7 Å². The number of aromatic amines is 1. The minimum Gasteiger partial charge on any atom is -0.481 e. The third kappa shape index (κ3) is 7.26. The Bertz CT molecular complexity index is 1280. The van der Waals surface area contributed by atoms with Gasteiger partial charge in [-0.3, -0.25) is 19.2 Å². The molecular weight excluding hydrogens is 450 g/mol. The molecule has 0 unspecified atom stereocenters. The van der Waals surface area contributed by atoms with Gasteiger partial charge in [0.1, 0.15) is 5.82 Å². The minimum absolute atomic E-state index is 0.0249. The van der Waals surface area contributed by atoms with E-state index in [1.807, 2.05) is 26.0 Å². The van der Waals surface area contributed by atoms with Gasteiger partial charge in [-0.2, -0.15) is 0 Å². The number of benzene rings is 1. The van der Waals surface area contributed by atoms with Crippen molar-refractivity contribution >= 4 is 28.8 Å². The van der Waals surface area contributed by atoms with E-state index in [2.05, 4.69) is 25.3 Å². The van der Waals surface area contributed by atoms with Crippen molar-refractivity contribution in [1.29, 1.82) is 0 Å². The molecule has 2 aromatic heterocycles. The number of aliphatic carboxylic acids is 1. The Labute approximate surface area is 202 Å². The lowest BCUT2D eigenvalue weighted by molar-refractivity contribution is -0.142. The molecule has 0 aliphatic carbocycles. The fourth-order valence-corrected chi connectivity index (χ4v) is 3.67. The number of amides is 1. The number of nitrogens with one attached hydrogen (secondary N) is 2. The SMILES string of the molecule is Cc1nc2ncc(CCc3ccc(C(=O)C[C@@H](CCC(=O)NC(C)C)C(=O)O)cc3)nc2c(=O)[nH]1. The molecule has 1 amide bonds. The smallest absolute Gasteiger partial charge is 0.306 e. The summed E-state index contributed by atoms with van der Waals surface area (Å²) in [6.07, 6.45) is 2.75. The first kappa shape index (κ1) is 25.7. The third-order valence-corrected chi connectivity index (χ3v) is 5.48. The number of nitrogens with zero attached hydrogens (tertiary/aromatic N) is 3. The molecule has 0 aliphatic rings. The summed E-state index contributed by atoms with van der Waals surface area (Å²) in [5.74, 6) is -2.04. The molecule has 10 nitrogen and oxygen atoms in total. The number of Topliss-reactive ketones (excluding diaryl/α,β-unsaturated/α-hetero) is 1. The molecule has 0 spiro atoms. The minimum atomic E-state index is -1.09. The van der Waals surface area contributed by atoms with E-state index in [1.165, 1.54) is 0 Å². The topological polar surface area (TPSA) is 155 Å². The quantitative estimate of drug-likeness (QED) is 0.354. The molecule has 0 saturated heterocycles.